The summed E-state index contributed by atoms with van der Waals surface area (Å²) in [6, 6.07) is 9.74. The number of fused-ring (bicyclic) bond motifs is 1. The number of para-hydroxylation sites is 1. The van der Waals surface area contributed by atoms with Gasteiger partial charge in [0.1, 0.15) is 6.61 Å². The van der Waals surface area contributed by atoms with Gasteiger partial charge in [0.25, 0.3) is 0 Å². The molecule has 0 saturated heterocycles. The standard InChI is InChI=1S/C13H14NO/c1-9(2)13-7-10(8-15)11-5-3-4-6-12(11)14-13/h3-7,9H,8H2,1-2H3. The van der Waals surface area contributed by atoms with Crippen molar-refractivity contribution in [2.75, 3.05) is 0 Å². The Morgan fingerprint density at radius 2 is 2.00 bits per heavy atom. The van der Waals surface area contributed by atoms with Gasteiger partial charge < -0.3 is 0 Å². The van der Waals surface area contributed by atoms with Crippen molar-refractivity contribution in [3.8, 4) is 0 Å². The Morgan fingerprint density at radius 3 is 2.67 bits per heavy atom. The molecule has 0 saturated carbocycles. The van der Waals surface area contributed by atoms with E-state index in [9.17, 15) is 5.11 Å². The van der Waals surface area contributed by atoms with E-state index in [1.807, 2.05) is 30.3 Å². The summed E-state index contributed by atoms with van der Waals surface area (Å²) in [4.78, 5) is 4.54. The fraction of sp³-hybridized carbons (Fsp3) is 0.308. The second-order valence-electron chi connectivity index (χ2n) is 4.02. The predicted octanol–water partition coefficient (Wildman–Crippen LogP) is 3.29. The van der Waals surface area contributed by atoms with E-state index in [2.05, 4.69) is 18.8 Å². The average molecular weight is 200 g/mol. The third kappa shape index (κ3) is 1.85. The van der Waals surface area contributed by atoms with Crippen molar-refractivity contribution in [2.45, 2.75) is 26.4 Å². The maximum absolute atomic E-state index is 11.1. The summed E-state index contributed by atoms with van der Waals surface area (Å²) in [5.41, 5.74) is 2.78. The largest absolute Gasteiger partial charge is 0.253 e. The first-order chi connectivity index (χ1) is 7.22. The number of pyridine rings is 1. The van der Waals surface area contributed by atoms with Gasteiger partial charge in [0.05, 0.1) is 5.52 Å². The maximum atomic E-state index is 11.1. The lowest BCUT2D eigenvalue weighted by Gasteiger charge is -2.09. The first kappa shape index (κ1) is 10.1. The Kier molecular flexibility index (Phi) is 2.69. The molecule has 1 heterocycles. The first-order valence-corrected chi connectivity index (χ1v) is 5.19. The Labute approximate surface area is 89.6 Å². The molecule has 2 nitrogen and oxygen atoms in total. The van der Waals surface area contributed by atoms with Crippen LogP contribution in [0.3, 0.4) is 0 Å². The lowest BCUT2D eigenvalue weighted by atomic mass is 10.0. The van der Waals surface area contributed by atoms with Gasteiger partial charge in [0.2, 0.25) is 0 Å². The molecule has 1 radical (unpaired) electrons. The number of hydrogen-bond acceptors (Lipinski definition) is 1. The highest BCUT2D eigenvalue weighted by Crippen LogP contribution is 2.22. The summed E-state index contributed by atoms with van der Waals surface area (Å²) in [6.45, 7) is 4.00. The van der Waals surface area contributed by atoms with Crippen LogP contribution in [0.15, 0.2) is 30.3 Å². The average Bonchev–Trinajstić information content (AvgIpc) is 2.27. The summed E-state index contributed by atoms with van der Waals surface area (Å²) >= 11 is 0. The monoisotopic (exact) mass is 200 g/mol. The molecule has 77 valence electrons. The molecule has 1 aromatic carbocycles. The number of hydrogen-bond donors (Lipinski definition) is 0. The molecule has 0 aliphatic heterocycles. The number of rotatable bonds is 2. The number of aromatic nitrogens is 1. The number of benzene rings is 1. The van der Waals surface area contributed by atoms with Crippen molar-refractivity contribution in [3.63, 3.8) is 0 Å². The molecule has 2 heteroatoms. The molecule has 0 unspecified atom stereocenters. The third-order valence-corrected chi connectivity index (χ3v) is 2.57. The number of nitrogens with zero attached hydrogens (tertiary/aromatic N) is 1. The molecule has 0 spiro atoms. The molecule has 1 aromatic heterocycles. The topological polar surface area (TPSA) is 32.8 Å². The van der Waals surface area contributed by atoms with Crippen LogP contribution in [0.5, 0.6) is 0 Å². The summed E-state index contributed by atoms with van der Waals surface area (Å²) in [7, 11) is 0. The van der Waals surface area contributed by atoms with Gasteiger partial charge in [-0.05, 0) is 23.6 Å². The molecule has 0 amide bonds. The van der Waals surface area contributed by atoms with Gasteiger partial charge in [0.15, 0.2) is 0 Å². The maximum Gasteiger partial charge on any atom is 0.108 e. The summed E-state index contributed by atoms with van der Waals surface area (Å²) < 4.78 is 0. The zero-order valence-electron chi connectivity index (χ0n) is 9.03. The second-order valence-corrected chi connectivity index (χ2v) is 4.02. The fourth-order valence-electron chi connectivity index (χ4n) is 1.69. The molecule has 0 bridgehead atoms. The van der Waals surface area contributed by atoms with Crippen LogP contribution in [0.4, 0.5) is 0 Å². The van der Waals surface area contributed by atoms with Crippen LogP contribution in [0.2, 0.25) is 0 Å². The Morgan fingerprint density at radius 1 is 1.27 bits per heavy atom. The van der Waals surface area contributed by atoms with Crippen LogP contribution in [0.25, 0.3) is 10.9 Å². The zero-order chi connectivity index (χ0) is 10.8. The van der Waals surface area contributed by atoms with Gasteiger partial charge in [-0.3, -0.25) is 4.98 Å². The van der Waals surface area contributed by atoms with Crippen molar-refractivity contribution in [3.05, 3.63) is 41.6 Å². The van der Waals surface area contributed by atoms with E-state index in [4.69, 9.17) is 0 Å². The Balaban J connectivity index is 2.71. The van der Waals surface area contributed by atoms with Crippen molar-refractivity contribution in [1.82, 2.24) is 4.98 Å². The van der Waals surface area contributed by atoms with E-state index >= 15 is 0 Å². The van der Waals surface area contributed by atoms with Crippen molar-refractivity contribution in [1.29, 1.82) is 0 Å². The van der Waals surface area contributed by atoms with E-state index < -0.39 is 0 Å². The normalized spacial score (nSPS) is 11.2. The molecule has 0 atom stereocenters. The van der Waals surface area contributed by atoms with Crippen molar-refractivity contribution in [2.24, 2.45) is 0 Å². The molecule has 15 heavy (non-hydrogen) atoms. The minimum atomic E-state index is -0.178. The smallest absolute Gasteiger partial charge is 0.108 e. The van der Waals surface area contributed by atoms with Crippen LogP contribution in [-0.4, -0.2) is 4.98 Å². The van der Waals surface area contributed by atoms with Gasteiger partial charge in [-0.1, -0.05) is 32.0 Å². The zero-order valence-corrected chi connectivity index (χ0v) is 9.03. The lowest BCUT2D eigenvalue weighted by Crippen LogP contribution is -1.96. The van der Waals surface area contributed by atoms with E-state index in [0.29, 0.717) is 5.92 Å². The molecule has 0 aliphatic carbocycles. The lowest BCUT2D eigenvalue weighted by molar-refractivity contribution is 0.178. The SMILES string of the molecule is CC(C)c1cc(C[O])c2ccccc2n1. The molecule has 2 rings (SSSR count). The van der Waals surface area contributed by atoms with Gasteiger partial charge in [0, 0.05) is 11.1 Å². The highest BCUT2D eigenvalue weighted by Gasteiger charge is 2.07. The van der Waals surface area contributed by atoms with Crippen LogP contribution >= 0.6 is 0 Å². The summed E-state index contributed by atoms with van der Waals surface area (Å²) in [5.74, 6) is 0.361. The Bertz CT molecular complexity index is 477. The molecule has 2 aromatic rings. The van der Waals surface area contributed by atoms with Crippen molar-refractivity contribution >= 4 is 10.9 Å². The van der Waals surface area contributed by atoms with E-state index in [0.717, 1.165) is 22.2 Å². The fourth-order valence-corrected chi connectivity index (χ4v) is 1.69. The molecule has 0 aliphatic rings. The van der Waals surface area contributed by atoms with Gasteiger partial charge >= 0.3 is 0 Å². The van der Waals surface area contributed by atoms with E-state index in [1.165, 1.54) is 0 Å². The van der Waals surface area contributed by atoms with E-state index in [-0.39, 0.29) is 6.61 Å². The van der Waals surface area contributed by atoms with Gasteiger partial charge in [-0.25, -0.2) is 5.11 Å². The minimum absolute atomic E-state index is 0.178. The third-order valence-electron chi connectivity index (χ3n) is 2.57. The molecular weight excluding hydrogens is 186 g/mol. The first-order valence-electron chi connectivity index (χ1n) is 5.19. The van der Waals surface area contributed by atoms with Gasteiger partial charge in [-0.2, -0.15) is 0 Å². The minimum Gasteiger partial charge on any atom is -0.253 e. The Hall–Kier alpha value is -1.41. The van der Waals surface area contributed by atoms with Gasteiger partial charge in [-0.15, -0.1) is 0 Å². The summed E-state index contributed by atoms with van der Waals surface area (Å²) in [5, 5.41) is 12.1. The van der Waals surface area contributed by atoms with Crippen LogP contribution < -0.4 is 0 Å². The predicted molar refractivity (Wildman–Crippen MR) is 60.2 cm³/mol. The molecular formula is C13H14NO. The second kappa shape index (κ2) is 3.99. The highest BCUT2D eigenvalue weighted by atomic mass is 16.3. The quantitative estimate of drug-likeness (QED) is 0.732. The van der Waals surface area contributed by atoms with Crippen molar-refractivity contribution < 1.29 is 5.11 Å². The molecule has 0 N–H and O–H groups in total. The van der Waals surface area contributed by atoms with Crippen LogP contribution in [-0.2, 0) is 11.7 Å². The highest BCUT2D eigenvalue weighted by molar-refractivity contribution is 5.82. The van der Waals surface area contributed by atoms with E-state index in [1.54, 1.807) is 0 Å². The molecule has 0 fully saturated rings. The summed E-state index contributed by atoms with van der Waals surface area (Å²) in [6.07, 6.45) is 0. The van der Waals surface area contributed by atoms with Crippen LogP contribution in [0.1, 0.15) is 31.0 Å². The van der Waals surface area contributed by atoms with Crippen LogP contribution in [0, 0.1) is 0 Å².